The number of nitrogens with zero attached hydrogens (tertiary/aromatic N) is 1. The van der Waals surface area contributed by atoms with Crippen molar-refractivity contribution in [3.8, 4) is 0 Å². The van der Waals surface area contributed by atoms with Crippen LogP contribution in [0.5, 0.6) is 0 Å². The number of carbonyl (C=O) groups excluding carboxylic acids is 3. The lowest BCUT2D eigenvalue weighted by Crippen LogP contribution is -2.43. The third-order valence-electron chi connectivity index (χ3n) is 4.17. The summed E-state index contributed by atoms with van der Waals surface area (Å²) < 4.78 is 0. The number of piperidine rings is 1. The van der Waals surface area contributed by atoms with E-state index >= 15 is 0 Å². The lowest BCUT2D eigenvalue weighted by Gasteiger charge is -2.23. The van der Waals surface area contributed by atoms with E-state index in [9.17, 15) is 14.4 Å². The van der Waals surface area contributed by atoms with Gasteiger partial charge in [0.1, 0.15) is 6.54 Å². The van der Waals surface area contributed by atoms with Crippen molar-refractivity contribution >= 4 is 30.1 Å². The monoisotopic (exact) mass is 337 g/mol. The molecule has 3 amide bonds. The summed E-state index contributed by atoms with van der Waals surface area (Å²) in [5.74, 6) is -0.662. The van der Waals surface area contributed by atoms with Crippen molar-refractivity contribution in [2.24, 2.45) is 5.92 Å². The van der Waals surface area contributed by atoms with E-state index in [0.29, 0.717) is 23.6 Å². The van der Waals surface area contributed by atoms with Crippen molar-refractivity contribution in [1.82, 2.24) is 15.5 Å². The van der Waals surface area contributed by atoms with E-state index in [-0.39, 0.29) is 24.9 Å². The van der Waals surface area contributed by atoms with Crippen LogP contribution in [0.1, 0.15) is 33.6 Å². The first-order valence-electron chi connectivity index (χ1n) is 7.59. The summed E-state index contributed by atoms with van der Waals surface area (Å²) in [4.78, 5) is 37.3. The fourth-order valence-electron chi connectivity index (χ4n) is 2.94. The Hall–Kier alpha value is -1.92. The van der Waals surface area contributed by atoms with Crippen LogP contribution in [0.2, 0.25) is 0 Å². The molecule has 0 radical (unpaired) electrons. The molecule has 7 heteroatoms. The average Bonchev–Trinajstić information content (AvgIpc) is 2.79. The molecule has 0 spiro atoms. The van der Waals surface area contributed by atoms with E-state index in [1.807, 2.05) is 0 Å². The Balaban J connectivity index is 0.00000192. The Bertz CT molecular complexity index is 579. The first kappa shape index (κ1) is 17.4. The number of rotatable bonds is 4. The molecule has 0 saturated carbocycles. The van der Waals surface area contributed by atoms with Gasteiger partial charge in [0.15, 0.2) is 0 Å². The third kappa shape index (κ3) is 3.71. The molecule has 1 fully saturated rings. The Morgan fingerprint density at radius 2 is 1.87 bits per heavy atom. The maximum Gasteiger partial charge on any atom is 0.262 e. The van der Waals surface area contributed by atoms with Gasteiger partial charge in [-0.1, -0.05) is 12.1 Å². The zero-order valence-corrected chi connectivity index (χ0v) is 13.5. The number of benzene rings is 1. The molecule has 1 aromatic rings. The smallest absolute Gasteiger partial charge is 0.262 e. The molecule has 0 bridgehead atoms. The van der Waals surface area contributed by atoms with Gasteiger partial charge in [0, 0.05) is 6.54 Å². The van der Waals surface area contributed by atoms with Crippen LogP contribution < -0.4 is 10.6 Å². The standard InChI is InChI=1S/C16H19N3O3.ClH/c20-14(18-9-11-4-3-7-17-8-11)10-19-15(21)12-5-1-2-6-13(12)16(19)22;/h1-2,5-6,11,17H,3-4,7-10H2,(H,18,20);1H. The Labute approximate surface area is 141 Å². The van der Waals surface area contributed by atoms with E-state index < -0.39 is 11.8 Å². The lowest BCUT2D eigenvalue weighted by molar-refractivity contribution is -0.121. The van der Waals surface area contributed by atoms with Crippen LogP contribution in [0.15, 0.2) is 24.3 Å². The van der Waals surface area contributed by atoms with Crippen molar-refractivity contribution in [1.29, 1.82) is 0 Å². The van der Waals surface area contributed by atoms with Gasteiger partial charge in [0.2, 0.25) is 5.91 Å². The second kappa shape index (κ2) is 7.57. The number of amides is 3. The van der Waals surface area contributed by atoms with Crippen molar-refractivity contribution < 1.29 is 14.4 Å². The SMILES string of the molecule is Cl.O=C(CN1C(=O)c2ccccc2C1=O)NCC1CCCNC1. The van der Waals surface area contributed by atoms with Crippen LogP contribution in [-0.2, 0) is 4.79 Å². The molecule has 2 aliphatic heterocycles. The normalized spacial score (nSPS) is 20.0. The van der Waals surface area contributed by atoms with Crippen LogP contribution >= 0.6 is 12.4 Å². The number of carbonyl (C=O) groups is 3. The first-order valence-corrected chi connectivity index (χ1v) is 7.59. The Kier molecular flexibility index (Phi) is 5.74. The summed E-state index contributed by atoms with van der Waals surface area (Å²) in [7, 11) is 0. The summed E-state index contributed by atoms with van der Waals surface area (Å²) in [6, 6.07) is 6.65. The minimum atomic E-state index is -0.393. The highest BCUT2D eigenvalue weighted by Crippen LogP contribution is 2.21. The Morgan fingerprint density at radius 3 is 2.43 bits per heavy atom. The van der Waals surface area contributed by atoms with Gasteiger partial charge >= 0.3 is 0 Å². The number of halogens is 1. The highest BCUT2D eigenvalue weighted by molar-refractivity contribution is 6.22. The van der Waals surface area contributed by atoms with Crippen molar-refractivity contribution in [2.75, 3.05) is 26.2 Å². The van der Waals surface area contributed by atoms with Crippen LogP contribution in [0, 0.1) is 5.92 Å². The molecule has 1 atom stereocenters. The summed E-state index contributed by atoms with van der Waals surface area (Å²) in [6.45, 7) is 2.29. The van der Waals surface area contributed by atoms with Crippen molar-refractivity contribution in [3.63, 3.8) is 0 Å². The zero-order chi connectivity index (χ0) is 15.5. The number of nitrogens with one attached hydrogen (secondary N) is 2. The second-order valence-electron chi connectivity index (χ2n) is 5.76. The highest BCUT2D eigenvalue weighted by atomic mass is 35.5. The summed E-state index contributed by atoms with van der Waals surface area (Å²) in [6.07, 6.45) is 2.19. The maximum absolute atomic E-state index is 12.2. The minimum Gasteiger partial charge on any atom is -0.354 e. The van der Waals surface area contributed by atoms with E-state index in [1.54, 1.807) is 24.3 Å². The van der Waals surface area contributed by atoms with Gasteiger partial charge < -0.3 is 10.6 Å². The quantitative estimate of drug-likeness (QED) is 0.797. The van der Waals surface area contributed by atoms with Crippen molar-refractivity contribution in [3.05, 3.63) is 35.4 Å². The molecule has 2 heterocycles. The molecule has 3 rings (SSSR count). The topological polar surface area (TPSA) is 78.5 Å². The molecule has 1 saturated heterocycles. The van der Waals surface area contributed by atoms with Crippen LogP contribution in [0.4, 0.5) is 0 Å². The van der Waals surface area contributed by atoms with Crippen LogP contribution in [-0.4, -0.2) is 48.8 Å². The maximum atomic E-state index is 12.2. The average molecular weight is 338 g/mol. The van der Waals surface area contributed by atoms with Gasteiger partial charge in [-0.25, -0.2) is 0 Å². The van der Waals surface area contributed by atoms with Gasteiger partial charge in [-0.2, -0.15) is 0 Å². The molecule has 23 heavy (non-hydrogen) atoms. The molecule has 2 aliphatic rings. The van der Waals surface area contributed by atoms with Gasteiger partial charge in [-0.05, 0) is 44.0 Å². The largest absolute Gasteiger partial charge is 0.354 e. The van der Waals surface area contributed by atoms with Gasteiger partial charge in [0.25, 0.3) is 11.8 Å². The van der Waals surface area contributed by atoms with E-state index in [4.69, 9.17) is 0 Å². The second-order valence-corrected chi connectivity index (χ2v) is 5.76. The van der Waals surface area contributed by atoms with Crippen LogP contribution in [0.25, 0.3) is 0 Å². The van der Waals surface area contributed by atoms with Gasteiger partial charge in [-0.15, -0.1) is 12.4 Å². The predicted octanol–water partition coefficient (Wildman–Crippen LogP) is 0.820. The van der Waals surface area contributed by atoms with E-state index in [0.717, 1.165) is 30.8 Å². The van der Waals surface area contributed by atoms with Crippen LogP contribution in [0.3, 0.4) is 0 Å². The molecule has 124 valence electrons. The predicted molar refractivity (Wildman–Crippen MR) is 87.7 cm³/mol. The highest BCUT2D eigenvalue weighted by Gasteiger charge is 2.36. The number of fused-ring (bicyclic) bond motifs is 1. The number of hydrogen-bond acceptors (Lipinski definition) is 4. The molecular formula is C16H20ClN3O3. The van der Waals surface area contributed by atoms with Gasteiger partial charge in [0.05, 0.1) is 11.1 Å². The van der Waals surface area contributed by atoms with E-state index in [1.165, 1.54) is 0 Å². The molecule has 1 unspecified atom stereocenters. The summed E-state index contributed by atoms with van der Waals surface area (Å²) >= 11 is 0. The molecule has 1 aromatic carbocycles. The number of imide groups is 1. The van der Waals surface area contributed by atoms with E-state index in [2.05, 4.69) is 10.6 Å². The molecule has 6 nitrogen and oxygen atoms in total. The first-order chi connectivity index (χ1) is 10.7. The molecular weight excluding hydrogens is 318 g/mol. The minimum absolute atomic E-state index is 0. The Morgan fingerprint density at radius 1 is 1.22 bits per heavy atom. The van der Waals surface area contributed by atoms with Gasteiger partial charge in [-0.3, -0.25) is 19.3 Å². The fraction of sp³-hybridized carbons (Fsp3) is 0.438. The molecule has 0 aliphatic carbocycles. The molecule has 0 aromatic heterocycles. The summed E-state index contributed by atoms with van der Waals surface area (Å²) in [5.41, 5.74) is 0.744. The third-order valence-corrected chi connectivity index (χ3v) is 4.17. The molecule has 2 N–H and O–H groups in total. The van der Waals surface area contributed by atoms with Crippen molar-refractivity contribution in [2.45, 2.75) is 12.8 Å². The number of hydrogen-bond donors (Lipinski definition) is 2. The fourth-order valence-corrected chi connectivity index (χ4v) is 2.94. The summed E-state index contributed by atoms with van der Waals surface area (Å²) in [5, 5.41) is 6.11. The zero-order valence-electron chi connectivity index (χ0n) is 12.7. The lowest BCUT2D eigenvalue weighted by atomic mass is 10.00.